The summed E-state index contributed by atoms with van der Waals surface area (Å²) in [5, 5.41) is 4.05. The molecule has 104 valence electrons. The molecule has 0 bridgehead atoms. The van der Waals surface area contributed by atoms with E-state index in [9.17, 15) is 4.79 Å². The molecule has 1 aromatic rings. The number of aromatic nitrogens is 2. The van der Waals surface area contributed by atoms with Crippen LogP contribution in [-0.2, 0) is 4.74 Å². The van der Waals surface area contributed by atoms with E-state index in [1.807, 2.05) is 20.8 Å². The monoisotopic (exact) mass is 264 g/mol. The first-order valence-corrected chi connectivity index (χ1v) is 6.52. The number of allylic oxidation sites excluding steroid dienone is 1. The molecule has 1 heterocycles. The fraction of sp³-hybridized carbons (Fsp3) is 0.571. The van der Waals surface area contributed by atoms with Gasteiger partial charge in [-0.2, -0.15) is 4.68 Å². The zero-order chi connectivity index (χ0) is 13.9. The highest BCUT2D eigenvalue weighted by Gasteiger charge is 2.19. The summed E-state index contributed by atoms with van der Waals surface area (Å²) in [6.07, 6.45) is 7.60. The number of nitrogens with zero attached hydrogens (tertiary/aromatic N) is 2. The van der Waals surface area contributed by atoms with Crippen LogP contribution in [-0.4, -0.2) is 28.1 Å². The first-order chi connectivity index (χ1) is 8.94. The van der Waals surface area contributed by atoms with Crippen molar-refractivity contribution in [2.75, 3.05) is 6.61 Å². The van der Waals surface area contributed by atoms with E-state index in [1.54, 1.807) is 12.3 Å². The maximum atomic E-state index is 11.7. The van der Waals surface area contributed by atoms with Gasteiger partial charge in [0.2, 0.25) is 5.88 Å². The van der Waals surface area contributed by atoms with E-state index in [-0.39, 0.29) is 0 Å². The summed E-state index contributed by atoms with van der Waals surface area (Å²) in [6, 6.07) is 1.67. The predicted molar refractivity (Wildman–Crippen MR) is 71.2 cm³/mol. The Bertz CT molecular complexity index is 471. The topological polar surface area (TPSA) is 53.4 Å². The van der Waals surface area contributed by atoms with Crippen LogP contribution in [0.3, 0.4) is 0 Å². The second-order valence-electron chi connectivity index (χ2n) is 5.66. The SMILES string of the molecule is CC(C)(C)OC(=O)n1ccc(OCC2C=CCC2)n1. The van der Waals surface area contributed by atoms with Crippen LogP contribution < -0.4 is 4.74 Å². The molecule has 1 unspecified atom stereocenters. The van der Waals surface area contributed by atoms with Crippen LogP contribution in [0.4, 0.5) is 4.79 Å². The van der Waals surface area contributed by atoms with Gasteiger partial charge in [-0.15, -0.1) is 5.10 Å². The quantitative estimate of drug-likeness (QED) is 0.787. The van der Waals surface area contributed by atoms with Gasteiger partial charge >= 0.3 is 6.09 Å². The molecule has 0 aromatic carbocycles. The van der Waals surface area contributed by atoms with Gasteiger partial charge in [0, 0.05) is 18.2 Å². The lowest BCUT2D eigenvalue weighted by Crippen LogP contribution is -2.27. The zero-order valence-corrected chi connectivity index (χ0v) is 11.6. The Balaban J connectivity index is 1.87. The van der Waals surface area contributed by atoms with Crippen LogP contribution in [0.5, 0.6) is 5.88 Å². The lowest BCUT2D eigenvalue weighted by atomic mass is 10.1. The van der Waals surface area contributed by atoms with Crippen LogP contribution in [0.1, 0.15) is 33.6 Å². The van der Waals surface area contributed by atoms with Gasteiger partial charge in [0.1, 0.15) is 5.60 Å². The molecule has 1 atom stereocenters. The van der Waals surface area contributed by atoms with Crippen LogP contribution >= 0.6 is 0 Å². The van der Waals surface area contributed by atoms with Crippen LogP contribution in [0.2, 0.25) is 0 Å². The summed E-state index contributed by atoms with van der Waals surface area (Å²) >= 11 is 0. The minimum Gasteiger partial charge on any atom is -0.476 e. The van der Waals surface area contributed by atoms with Gasteiger partial charge in [0.05, 0.1) is 6.61 Å². The number of carbonyl (C=O) groups is 1. The fourth-order valence-electron chi connectivity index (χ4n) is 1.82. The van der Waals surface area contributed by atoms with E-state index in [1.165, 1.54) is 0 Å². The summed E-state index contributed by atoms with van der Waals surface area (Å²) in [7, 11) is 0. The van der Waals surface area contributed by atoms with Crippen molar-refractivity contribution in [3.63, 3.8) is 0 Å². The third-order valence-corrected chi connectivity index (χ3v) is 2.70. The molecule has 0 fully saturated rings. The number of hydrogen-bond donors (Lipinski definition) is 0. The Hall–Kier alpha value is -1.78. The molecule has 2 rings (SSSR count). The summed E-state index contributed by atoms with van der Waals surface area (Å²) in [5.41, 5.74) is -0.529. The van der Waals surface area contributed by atoms with Crippen LogP contribution in [0.25, 0.3) is 0 Å². The van der Waals surface area contributed by atoms with Gasteiger partial charge in [-0.05, 0) is 33.6 Å². The molecular weight excluding hydrogens is 244 g/mol. The molecule has 5 heteroatoms. The van der Waals surface area contributed by atoms with Crippen molar-refractivity contribution in [2.45, 2.75) is 39.2 Å². The van der Waals surface area contributed by atoms with Crippen molar-refractivity contribution in [1.29, 1.82) is 0 Å². The summed E-state index contributed by atoms with van der Waals surface area (Å²) in [4.78, 5) is 11.7. The lowest BCUT2D eigenvalue weighted by molar-refractivity contribution is 0.0511. The molecule has 0 N–H and O–H groups in total. The second-order valence-corrected chi connectivity index (χ2v) is 5.66. The molecule has 0 amide bonds. The maximum absolute atomic E-state index is 11.7. The molecule has 0 saturated heterocycles. The third-order valence-electron chi connectivity index (χ3n) is 2.70. The van der Waals surface area contributed by atoms with Gasteiger partial charge in [0.15, 0.2) is 0 Å². The summed E-state index contributed by atoms with van der Waals surface area (Å²) < 4.78 is 11.9. The van der Waals surface area contributed by atoms with Crippen molar-refractivity contribution in [3.05, 3.63) is 24.4 Å². The van der Waals surface area contributed by atoms with Gasteiger partial charge in [-0.1, -0.05) is 12.2 Å². The summed E-state index contributed by atoms with van der Waals surface area (Å²) in [6.45, 7) is 6.05. The highest BCUT2D eigenvalue weighted by molar-refractivity contribution is 5.69. The predicted octanol–water partition coefficient (Wildman–Crippen LogP) is 3.01. The first-order valence-electron chi connectivity index (χ1n) is 6.52. The smallest absolute Gasteiger partial charge is 0.435 e. The molecule has 1 aliphatic carbocycles. The Morgan fingerprint density at radius 1 is 1.53 bits per heavy atom. The van der Waals surface area contributed by atoms with E-state index in [0.717, 1.165) is 17.5 Å². The lowest BCUT2D eigenvalue weighted by Gasteiger charge is -2.18. The fourth-order valence-corrected chi connectivity index (χ4v) is 1.82. The van der Waals surface area contributed by atoms with Crippen molar-refractivity contribution in [1.82, 2.24) is 9.78 Å². The Morgan fingerprint density at radius 2 is 2.32 bits per heavy atom. The van der Waals surface area contributed by atoms with Gasteiger partial charge < -0.3 is 9.47 Å². The Kier molecular flexibility index (Phi) is 3.93. The third kappa shape index (κ3) is 4.12. The average molecular weight is 264 g/mol. The van der Waals surface area contributed by atoms with Gasteiger partial charge in [-0.25, -0.2) is 4.79 Å². The maximum Gasteiger partial charge on any atom is 0.435 e. The number of hydrogen-bond acceptors (Lipinski definition) is 4. The number of ether oxygens (including phenoxy) is 2. The number of carbonyl (C=O) groups excluding carboxylic acids is 1. The summed E-state index contributed by atoms with van der Waals surface area (Å²) in [5.74, 6) is 0.901. The van der Waals surface area contributed by atoms with Crippen molar-refractivity contribution < 1.29 is 14.3 Å². The Labute approximate surface area is 113 Å². The molecular formula is C14H20N2O3. The standard InChI is InChI=1S/C14H20N2O3/c1-14(2,3)19-13(17)16-9-8-12(15-16)18-10-11-6-4-5-7-11/h4,6,8-9,11H,5,7,10H2,1-3H3. The van der Waals surface area contributed by atoms with Crippen molar-refractivity contribution in [2.24, 2.45) is 5.92 Å². The number of rotatable bonds is 3. The van der Waals surface area contributed by atoms with Gasteiger partial charge in [0.25, 0.3) is 0 Å². The van der Waals surface area contributed by atoms with E-state index in [4.69, 9.17) is 9.47 Å². The van der Waals surface area contributed by atoms with E-state index in [0.29, 0.717) is 18.4 Å². The minimum atomic E-state index is -0.529. The van der Waals surface area contributed by atoms with Crippen LogP contribution in [0, 0.1) is 5.92 Å². The second kappa shape index (κ2) is 5.47. The zero-order valence-electron chi connectivity index (χ0n) is 11.6. The first kappa shape index (κ1) is 13.6. The van der Waals surface area contributed by atoms with Crippen molar-refractivity contribution >= 4 is 6.09 Å². The van der Waals surface area contributed by atoms with E-state index in [2.05, 4.69) is 17.3 Å². The Morgan fingerprint density at radius 3 is 2.95 bits per heavy atom. The largest absolute Gasteiger partial charge is 0.476 e. The van der Waals surface area contributed by atoms with Crippen LogP contribution in [0.15, 0.2) is 24.4 Å². The van der Waals surface area contributed by atoms with Gasteiger partial charge in [-0.3, -0.25) is 0 Å². The van der Waals surface area contributed by atoms with Crippen molar-refractivity contribution in [3.8, 4) is 5.88 Å². The molecule has 0 saturated carbocycles. The molecule has 1 aromatic heterocycles. The molecule has 0 aliphatic heterocycles. The van der Waals surface area contributed by atoms with E-state index >= 15 is 0 Å². The molecule has 5 nitrogen and oxygen atoms in total. The molecule has 0 spiro atoms. The average Bonchev–Trinajstić information content (AvgIpc) is 2.96. The normalized spacial score (nSPS) is 18.6. The molecule has 19 heavy (non-hydrogen) atoms. The highest BCUT2D eigenvalue weighted by Crippen LogP contribution is 2.18. The molecule has 1 aliphatic rings. The minimum absolute atomic E-state index is 0.450. The van der Waals surface area contributed by atoms with E-state index < -0.39 is 11.7 Å². The molecule has 0 radical (unpaired) electrons. The highest BCUT2D eigenvalue weighted by atomic mass is 16.6.